The molecule has 4 aromatic carbocycles. The third kappa shape index (κ3) is 8.61. The molecule has 0 bridgehead atoms. The molecule has 0 fully saturated rings. The third-order valence-electron chi connectivity index (χ3n) is 11.0. The fourth-order valence-electron chi connectivity index (χ4n) is 8.72. The number of hydrogen-bond donors (Lipinski definition) is 0. The Bertz CT molecular complexity index is 2070. The summed E-state index contributed by atoms with van der Waals surface area (Å²) in [5, 5.41) is 5.27. The molecule has 0 aromatic heterocycles. The molecule has 0 heterocycles. The fourth-order valence-corrected chi connectivity index (χ4v) is 20.9. The molecule has 2 aliphatic rings. The van der Waals surface area contributed by atoms with Crippen LogP contribution in [0.15, 0.2) is 91.0 Å². The molecule has 0 saturated carbocycles. The second kappa shape index (κ2) is 15.9. The summed E-state index contributed by atoms with van der Waals surface area (Å²) >= 11 is -1.36. The van der Waals surface area contributed by atoms with E-state index in [-0.39, 0.29) is 35.6 Å². The van der Waals surface area contributed by atoms with Crippen LogP contribution in [0.25, 0.3) is 16.7 Å². The van der Waals surface area contributed by atoms with E-state index < -0.39 is 47.0 Å². The van der Waals surface area contributed by atoms with Crippen LogP contribution in [0.4, 0.5) is 0 Å². The zero-order valence-electron chi connectivity index (χ0n) is 35.7. The van der Waals surface area contributed by atoms with Gasteiger partial charge in [-0.25, -0.2) is 0 Å². The van der Waals surface area contributed by atoms with Crippen LogP contribution < -0.4 is 40.4 Å². The molecule has 6 rings (SSSR count). The number of halogens is 2. The molecule has 285 valence electrons. The number of benzene rings is 4. The molecular formula is C48H63Cl2Si3Zr. The van der Waals surface area contributed by atoms with Crippen molar-refractivity contribution in [2.75, 3.05) is 0 Å². The average Bonchev–Trinajstić information content (AvgIpc) is 3.67. The second-order valence-corrected chi connectivity index (χ2v) is 38.9. The van der Waals surface area contributed by atoms with Crippen LogP contribution in [0.1, 0.15) is 90.5 Å². The predicted molar refractivity (Wildman–Crippen MR) is 238 cm³/mol. The van der Waals surface area contributed by atoms with Gasteiger partial charge in [0, 0.05) is 0 Å². The van der Waals surface area contributed by atoms with Crippen molar-refractivity contribution in [3.63, 3.8) is 0 Å². The van der Waals surface area contributed by atoms with Gasteiger partial charge in [0.1, 0.15) is 0 Å². The SMILES string of the molecule is CC(C)(C)c1cc2c(c([Si](C)(C)C)c1)-c1c(c(C3=CC=CC3)c(C(C)(C)C)c([Si](C)(C)C)c1[Si](C)(C)C)[CH]2[Zr+2]=[C](c1ccccc1)c1ccccc1.[Cl-].[Cl-]. The van der Waals surface area contributed by atoms with E-state index >= 15 is 0 Å². The van der Waals surface area contributed by atoms with Gasteiger partial charge in [-0.1, -0.05) is 0 Å². The summed E-state index contributed by atoms with van der Waals surface area (Å²) in [5.41, 5.74) is 16.0. The molecule has 54 heavy (non-hydrogen) atoms. The Hall–Kier alpha value is -1.66. The van der Waals surface area contributed by atoms with E-state index in [1.165, 1.54) is 16.7 Å². The predicted octanol–water partition coefficient (Wildman–Crippen LogP) is 5.69. The van der Waals surface area contributed by atoms with Crippen molar-refractivity contribution >= 4 is 48.6 Å². The van der Waals surface area contributed by atoms with Crippen LogP contribution in [0, 0.1) is 0 Å². The van der Waals surface area contributed by atoms with Crippen LogP contribution in [0.2, 0.25) is 58.9 Å². The van der Waals surface area contributed by atoms with Crippen LogP contribution in [0.3, 0.4) is 0 Å². The zero-order chi connectivity index (χ0) is 38.2. The normalized spacial score (nSPS) is 15.5. The van der Waals surface area contributed by atoms with Crippen molar-refractivity contribution in [1.82, 2.24) is 0 Å². The smallest absolute Gasteiger partial charge is 1.00 e. The molecule has 1 atom stereocenters. The van der Waals surface area contributed by atoms with Gasteiger partial charge in [0.25, 0.3) is 0 Å². The van der Waals surface area contributed by atoms with Gasteiger partial charge in [0.05, 0.1) is 0 Å². The van der Waals surface area contributed by atoms with Crippen molar-refractivity contribution in [3.05, 3.63) is 130 Å². The molecule has 4 aromatic rings. The molecule has 0 saturated heterocycles. The Balaban J connectivity index is 0.00000325. The fraction of sp³-hybridized carbons (Fsp3) is 0.396. The Morgan fingerprint density at radius 2 is 1.13 bits per heavy atom. The van der Waals surface area contributed by atoms with Crippen molar-refractivity contribution in [1.29, 1.82) is 0 Å². The molecule has 0 spiro atoms. The summed E-state index contributed by atoms with van der Waals surface area (Å²) < 4.78 is 2.04. The monoisotopic (exact) mass is 883 g/mol. The van der Waals surface area contributed by atoms with Crippen LogP contribution >= 0.6 is 0 Å². The Labute approximate surface area is 355 Å². The molecule has 0 N–H and O–H groups in total. The van der Waals surface area contributed by atoms with Gasteiger partial charge >= 0.3 is 334 Å². The minimum Gasteiger partial charge on any atom is -1.00 e. The first-order valence-corrected chi connectivity index (χ1v) is 32.7. The van der Waals surface area contributed by atoms with Crippen LogP contribution in [-0.2, 0) is 33.6 Å². The number of rotatable bonds is 7. The first kappa shape index (κ1) is 45.1. The van der Waals surface area contributed by atoms with Gasteiger partial charge in [-0.2, -0.15) is 0 Å². The van der Waals surface area contributed by atoms with E-state index in [2.05, 4.69) is 191 Å². The molecule has 1 unspecified atom stereocenters. The van der Waals surface area contributed by atoms with Gasteiger partial charge in [-0.3, -0.25) is 0 Å². The average molecular weight is 886 g/mol. The largest absolute Gasteiger partial charge is 1.00 e. The van der Waals surface area contributed by atoms with E-state index in [1.54, 1.807) is 57.7 Å². The first-order valence-electron chi connectivity index (χ1n) is 19.6. The third-order valence-corrected chi connectivity index (χ3v) is 21.6. The number of fused-ring (bicyclic) bond motifs is 3. The zero-order valence-corrected chi connectivity index (χ0v) is 42.7. The Morgan fingerprint density at radius 1 is 0.611 bits per heavy atom. The Kier molecular flexibility index (Phi) is 13.3. The molecule has 0 radical (unpaired) electrons. The summed E-state index contributed by atoms with van der Waals surface area (Å²) in [7, 11) is -5.53. The van der Waals surface area contributed by atoms with E-state index in [4.69, 9.17) is 0 Å². The second-order valence-electron chi connectivity index (χ2n) is 20.5. The van der Waals surface area contributed by atoms with Gasteiger partial charge in [0.15, 0.2) is 0 Å². The number of hydrogen-bond acceptors (Lipinski definition) is 0. The molecule has 0 nitrogen and oxygen atoms in total. The van der Waals surface area contributed by atoms with Crippen molar-refractivity contribution in [3.8, 4) is 11.1 Å². The first-order chi connectivity index (χ1) is 24.0. The number of allylic oxidation sites excluding steroid dienone is 4. The van der Waals surface area contributed by atoms with Crippen molar-refractivity contribution < 1.29 is 47.6 Å². The van der Waals surface area contributed by atoms with E-state index in [1.807, 2.05) is 0 Å². The topological polar surface area (TPSA) is 0 Å². The quantitative estimate of drug-likeness (QED) is 0.210. The molecule has 0 amide bonds. The maximum atomic E-state index is 2.72. The van der Waals surface area contributed by atoms with Gasteiger partial charge in [0.2, 0.25) is 0 Å². The Morgan fingerprint density at radius 3 is 1.54 bits per heavy atom. The molecule has 0 aliphatic heterocycles. The van der Waals surface area contributed by atoms with Gasteiger partial charge in [-0.15, -0.1) is 0 Å². The molecular weight excluding hydrogens is 823 g/mol. The maximum absolute atomic E-state index is 2.72. The minimum atomic E-state index is -1.89. The van der Waals surface area contributed by atoms with Gasteiger partial charge in [-0.05, 0) is 0 Å². The summed E-state index contributed by atoms with van der Waals surface area (Å²) in [4.78, 5) is 0. The molecule has 6 heteroatoms. The van der Waals surface area contributed by atoms with Crippen molar-refractivity contribution in [2.45, 2.75) is 121 Å². The van der Waals surface area contributed by atoms with E-state index in [9.17, 15) is 0 Å². The standard InChI is InChI=1S/C35H53Si3.C13H10.2ClH.Zr/c1-34(2,3)25-20-24-21-26-28(23-18-16-17-19-23)31(35(4,5)6)33(38(13,14)15)32(37(10,11)12)30(26)29(24)27(22-25)36(7,8)9;1-3-7-12(8-4-1)11-13-9-5-2-6-10-13;;;/h16-18,20-22H,19H2,1-15H3;1-10H;2*1H;/q;;;;+2/p-2. The van der Waals surface area contributed by atoms with Crippen LogP contribution in [-0.4, -0.2) is 27.4 Å². The maximum Gasteiger partial charge on any atom is -1.00 e. The summed E-state index contributed by atoms with van der Waals surface area (Å²) in [5.74, 6) is 0. The summed E-state index contributed by atoms with van der Waals surface area (Å²) in [6.45, 7) is 38.6. The minimum absolute atomic E-state index is 0. The van der Waals surface area contributed by atoms with Gasteiger partial charge < -0.3 is 24.8 Å². The van der Waals surface area contributed by atoms with Crippen molar-refractivity contribution in [2.24, 2.45) is 0 Å². The summed E-state index contributed by atoms with van der Waals surface area (Å²) in [6.07, 6.45) is 8.26. The van der Waals surface area contributed by atoms with E-state index in [0.29, 0.717) is 3.63 Å². The molecule has 2 aliphatic carbocycles. The van der Waals surface area contributed by atoms with E-state index in [0.717, 1.165) is 6.42 Å². The van der Waals surface area contributed by atoms with Crippen LogP contribution in [0.5, 0.6) is 0 Å². The summed E-state index contributed by atoms with van der Waals surface area (Å²) in [6, 6.07) is 28.3.